The molecule has 0 bridgehead atoms. The molecule has 0 amide bonds. The Balaban J connectivity index is 0.00000300. The summed E-state index contributed by atoms with van der Waals surface area (Å²) < 4.78 is 1.85. The van der Waals surface area contributed by atoms with Gasteiger partial charge >= 0.3 is 0 Å². The third kappa shape index (κ3) is 6.60. The van der Waals surface area contributed by atoms with Gasteiger partial charge in [0.1, 0.15) is 0 Å². The van der Waals surface area contributed by atoms with Crippen molar-refractivity contribution in [2.45, 2.75) is 24.9 Å². The first-order valence-corrected chi connectivity index (χ1v) is 9.99. The lowest BCUT2D eigenvalue weighted by atomic mass is 10.0. The van der Waals surface area contributed by atoms with Crippen molar-refractivity contribution in [2.75, 3.05) is 45.7 Å². The molecule has 0 radical (unpaired) electrons. The average Bonchev–Trinajstić information content (AvgIpc) is 3.13. The maximum absolute atomic E-state index is 4.45. The number of hydrogen-bond acceptors (Lipinski definition) is 4. The predicted molar refractivity (Wildman–Crippen MR) is 131 cm³/mol. The van der Waals surface area contributed by atoms with Gasteiger partial charge in [0.2, 0.25) is 0 Å². The van der Waals surface area contributed by atoms with Gasteiger partial charge in [0.15, 0.2) is 5.96 Å². The smallest absolute Gasteiger partial charge is 0.191 e. The fraction of sp³-hybridized carbons (Fsp3) is 0.524. The van der Waals surface area contributed by atoms with Crippen LogP contribution in [-0.4, -0.2) is 67.5 Å². The van der Waals surface area contributed by atoms with Crippen LogP contribution in [0.1, 0.15) is 24.4 Å². The molecule has 160 valence electrons. The molecule has 1 aliphatic rings. The van der Waals surface area contributed by atoms with Gasteiger partial charge < -0.3 is 20.4 Å². The van der Waals surface area contributed by atoms with Crippen LogP contribution >= 0.6 is 24.0 Å². The first-order chi connectivity index (χ1) is 13.6. The van der Waals surface area contributed by atoms with Crippen molar-refractivity contribution in [3.05, 3.63) is 48.3 Å². The monoisotopic (exact) mass is 511 g/mol. The van der Waals surface area contributed by atoms with Gasteiger partial charge in [0.05, 0.1) is 12.2 Å². The first kappa shape index (κ1) is 23.5. The Bertz CT molecular complexity index is 759. The number of rotatable bonds is 6. The minimum absolute atomic E-state index is 0. The molecule has 1 fully saturated rings. The number of aromatic nitrogens is 2. The summed E-state index contributed by atoms with van der Waals surface area (Å²) in [6, 6.07) is 11.3. The number of hydrogen-bond donors (Lipinski definition) is 2. The molecule has 2 heterocycles. The largest absolute Gasteiger partial charge is 0.369 e. The van der Waals surface area contributed by atoms with Crippen LogP contribution in [-0.2, 0) is 7.05 Å². The van der Waals surface area contributed by atoms with Gasteiger partial charge in [0.25, 0.3) is 0 Å². The number of piperidine rings is 1. The summed E-state index contributed by atoms with van der Waals surface area (Å²) >= 11 is 0. The van der Waals surface area contributed by atoms with E-state index < -0.39 is 0 Å². The highest BCUT2D eigenvalue weighted by atomic mass is 127. The molecule has 7 nitrogen and oxygen atoms in total. The van der Waals surface area contributed by atoms with E-state index in [0.717, 1.165) is 32.0 Å². The van der Waals surface area contributed by atoms with Crippen molar-refractivity contribution >= 4 is 35.6 Å². The van der Waals surface area contributed by atoms with Crippen LogP contribution in [0.5, 0.6) is 0 Å². The molecule has 3 rings (SSSR count). The van der Waals surface area contributed by atoms with Gasteiger partial charge in [-0.2, -0.15) is 5.10 Å². The van der Waals surface area contributed by atoms with E-state index in [9.17, 15) is 0 Å². The Labute approximate surface area is 191 Å². The number of benzene rings is 1. The zero-order chi connectivity index (χ0) is 19.9. The van der Waals surface area contributed by atoms with Crippen LogP contribution < -0.4 is 15.5 Å². The third-order valence-corrected chi connectivity index (χ3v) is 5.30. The number of nitrogens with zero attached hydrogens (tertiary/aromatic N) is 5. The molecule has 2 aromatic rings. The van der Waals surface area contributed by atoms with Crippen molar-refractivity contribution in [2.24, 2.45) is 12.0 Å². The minimum Gasteiger partial charge on any atom is -0.369 e. The average molecular weight is 511 g/mol. The van der Waals surface area contributed by atoms with Crippen molar-refractivity contribution in [3.8, 4) is 0 Å². The topological polar surface area (TPSA) is 60.7 Å². The molecule has 1 aromatic carbocycles. The standard InChI is InChI=1S/C21H33N7.HI/c1-22-21(23-14-20(26(2)3)17-13-24-27(4)15-17)25-18-9-8-12-28(16-18)19-10-6-5-7-11-19;/h5-7,10-11,13,15,18,20H,8-9,12,14,16H2,1-4H3,(H2,22,23,25);1H. The van der Waals surface area contributed by atoms with Gasteiger partial charge in [-0.15, -0.1) is 24.0 Å². The highest BCUT2D eigenvalue weighted by Gasteiger charge is 2.22. The van der Waals surface area contributed by atoms with E-state index in [1.165, 1.54) is 17.7 Å². The van der Waals surface area contributed by atoms with Crippen molar-refractivity contribution < 1.29 is 0 Å². The summed E-state index contributed by atoms with van der Waals surface area (Å²) in [7, 11) is 7.97. The van der Waals surface area contributed by atoms with Gasteiger partial charge in [-0.25, -0.2) is 0 Å². The molecular formula is C21H34IN7. The van der Waals surface area contributed by atoms with Gasteiger partial charge in [0, 0.05) is 57.2 Å². The summed E-state index contributed by atoms with van der Waals surface area (Å²) in [5.74, 6) is 0.857. The molecule has 1 saturated heterocycles. The Morgan fingerprint density at radius 3 is 2.69 bits per heavy atom. The lowest BCUT2D eigenvalue weighted by Crippen LogP contribution is -2.52. The minimum atomic E-state index is 0. The van der Waals surface area contributed by atoms with Crippen molar-refractivity contribution in [3.63, 3.8) is 0 Å². The van der Waals surface area contributed by atoms with Crippen LogP contribution in [0.4, 0.5) is 5.69 Å². The fourth-order valence-corrected chi connectivity index (χ4v) is 3.76. The lowest BCUT2D eigenvalue weighted by molar-refractivity contribution is 0.297. The Morgan fingerprint density at radius 2 is 2.07 bits per heavy atom. The van der Waals surface area contributed by atoms with Crippen LogP contribution in [0.2, 0.25) is 0 Å². The van der Waals surface area contributed by atoms with Gasteiger partial charge in [-0.1, -0.05) is 18.2 Å². The highest BCUT2D eigenvalue weighted by molar-refractivity contribution is 14.0. The second-order valence-electron chi connectivity index (χ2n) is 7.64. The zero-order valence-corrected chi connectivity index (χ0v) is 20.2. The number of aliphatic imine (C=N–C) groups is 1. The normalized spacial score (nSPS) is 18.3. The SMILES string of the molecule is CN=C(NCC(c1cnn(C)c1)N(C)C)NC1CCCN(c2ccccc2)C1.I. The summed E-state index contributed by atoms with van der Waals surface area (Å²) in [5, 5.41) is 11.4. The van der Waals surface area contributed by atoms with E-state index in [0.29, 0.717) is 6.04 Å². The summed E-state index contributed by atoms with van der Waals surface area (Å²) in [6.07, 6.45) is 6.34. The molecule has 0 spiro atoms. The Kier molecular flexibility index (Phi) is 9.22. The molecule has 0 saturated carbocycles. The molecule has 2 unspecified atom stereocenters. The van der Waals surface area contributed by atoms with Crippen LogP contribution in [0.3, 0.4) is 0 Å². The number of nitrogens with one attached hydrogen (secondary N) is 2. The van der Waals surface area contributed by atoms with Crippen LogP contribution in [0.25, 0.3) is 0 Å². The quantitative estimate of drug-likeness (QED) is 0.355. The van der Waals surface area contributed by atoms with E-state index >= 15 is 0 Å². The van der Waals surface area contributed by atoms with Crippen molar-refractivity contribution in [1.82, 2.24) is 25.3 Å². The Morgan fingerprint density at radius 1 is 1.31 bits per heavy atom. The van der Waals surface area contributed by atoms with E-state index in [1.54, 1.807) is 0 Å². The molecule has 2 atom stereocenters. The second kappa shape index (κ2) is 11.4. The summed E-state index contributed by atoms with van der Waals surface area (Å²) in [5.41, 5.74) is 2.49. The number of anilines is 1. The summed E-state index contributed by atoms with van der Waals surface area (Å²) in [6.45, 7) is 2.87. The fourth-order valence-electron chi connectivity index (χ4n) is 3.76. The maximum Gasteiger partial charge on any atom is 0.191 e. The zero-order valence-electron chi connectivity index (χ0n) is 17.9. The second-order valence-corrected chi connectivity index (χ2v) is 7.64. The molecule has 2 N–H and O–H groups in total. The predicted octanol–water partition coefficient (Wildman–Crippen LogP) is 2.47. The number of para-hydroxylation sites is 1. The third-order valence-electron chi connectivity index (χ3n) is 5.30. The number of likely N-dealkylation sites (N-methyl/N-ethyl adjacent to an activating group) is 1. The van der Waals surface area contributed by atoms with Crippen molar-refractivity contribution in [1.29, 1.82) is 0 Å². The number of aryl methyl sites for hydroxylation is 1. The Hall–Kier alpha value is -1.81. The molecule has 1 aromatic heterocycles. The van der Waals surface area contributed by atoms with Crippen LogP contribution in [0, 0.1) is 0 Å². The van der Waals surface area contributed by atoms with Gasteiger partial charge in [-0.05, 0) is 39.1 Å². The van der Waals surface area contributed by atoms with E-state index in [1.807, 2.05) is 25.0 Å². The van der Waals surface area contributed by atoms with E-state index in [4.69, 9.17) is 0 Å². The van der Waals surface area contributed by atoms with Gasteiger partial charge in [-0.3, -0.25) is 9.67 Å². The van der Waals surface area contributed by atoms with E-state index in [2.05, 4.69) is 81.1 Å². The highest BCUT2D eigenvalue weighted by Crippen LogP contribution is 2.19. The molecule has 1 aliphatic heterocycles. The van der Waals surface area contributed by atoms with Crippen LogP contribution in [0.15, 0.2) is 47.7 Å². The molecule has 8 heteroatoms. The first-order valence-electron chi connectivity index (χ1n) is 9.99. The molecular weight excluding hydrogens is 477 g/mol. The number of halogens is 1. The number of guanidine groups is 1. The molecule has 0 aliphatic carbocycles. The lowest BCUT2D eigenvalue weighted by Gasteiger charge is -2.35. The molecule has 29 heavy (non-hydrogen) atoms. The van der Waals surface area contributed by atoms with E-state index in [-0.39, 0.29) is 30.0 Å². The summed E-state index contributed by atoms with van der Waals surface area (Å²) in [4.78, 5) is 9.10. The maximum atomic E-state index is 4.45.